The van der Waals surface area contributed by atoms with Gasteiger partial charge in [0.2, 0.25) is 0 Å². The number of hydrogen-bond donors (Lipinski definition) is 2. The Kier molecular flexibility index (Phi) is 3.78. The molecule has 94 valence electrons. The van der Waals surface area contributed by atoms with Gasteiger partial charge in [-0.3, -0.25) is 4.79 Å². The first-order chi connectivity index (χ1) is 8.15. The van der Waals surface area contributed by atoms with Crippen molar-refractivity contribution in [2.45, 2.75) is 25.8 Å². The Labute approximate surface area is 102 Å². The highest BCUT2D eigenvalue weighted by atomic mass is 16.1. The summed E-state index contributed by atoms with van der Waals surface area (Å²) in [7, 11) is 1.86. The predicted octanol–water partition coefficient (Wildman–Crippen LogP) is 0.538. The zero-order valence-electron chi connectivity index (χ0n) is 10.4. The number of aromatic nitrogens is 2. The quantitative estimate of drug-likeness (QED) is 0.805. The van der Waals surface area contributed by atoms with Gasteiger partial charge in [-0.25, -0.2) is 4.98 Å². The van der Waals surface area contributed by atoms with Crippen molar-refractivity contribution < 1.29 is 4.79 Å². The molecule has 0 saturated carbocycles. The van der Waals surface area contributed by atoms with Gasteiger partial charge in [-0.2, -0.15) is 0 Å². The standard InChI is InChI=1S/C12H20N4O/c1-9-3-4-10(5-13-9)6-14-12(17)11-7-16(2)8-15-11/h7-10,13H,3-6H2,1-2H3,(H,14,17). The molecule has 1 aromatic rings. The van der Waals surface area contributed by atoms with Gasteiger partial charge in [-0.15, -0.1) is 0 Å². The van der Waals surface area contributed by atoms with E-state index in [9.17, 15) is 4.79 Å². The summed E-state index contributed by atoms with van der Waals surface area (Å²) in [4.78, 5) is 15.8. The van der Waals surface area contributed by atoms with E-state index in [0.717, 1.165) is 13.1 Å². The van der Waals surface area contributed by atoms with E-state index in [-0.39, 0.29) is 5.91 Å². The van der Waals surface area contributed by atoms with Crippen LogP contribution in [0.25, 0.3) is 0 Å². The molecule has 1 aliphatic rings. The number of nitrogens with one attached hydrogen (secondary N) is 2. The van der Waals surface area contributed by atoms with Crippen molar-refractivity contribution in [3.63, 3.8) is 0 Å². The first-order valence-electron chi connectivity index (χ1n) is 6.14. The molecule has 1 aliphatic heterocycles. The van der Waals surface area contributed by atoms with E-state index in [1.807, 2.05) is 7.05 Å². The number of carbonyl (C=O) groups excluding carboxylic acids is 1. The van der Waals surface area contributed by atoms with Gasteiger partial charge >= 0.3 is 0 Å². The molecule has 1 fully saturated rings. The summed E-state index contributed by atoms with van der Waals surface area (Å²) in [5, 5.41) is 6.37. The molecule has 0 bridgehead atoms. The number of hydrogen-bond acceptors (Lipinski definition) is 3. The largest absolute Gasteiger partial charge is 0.350 e. The van der Waals surface area contributed by atoms with Crippen LogP contribution < -0.4 is 10.6 Å². The summed E-state index contributed by atoms with van der Waals surface area (Å²) in [5.41, 5.74) is 0.490. The Balaban J connectivity index is 1.76. The number of piperidine rings is 1. The van der Waals surface area contributed by atoms with Crippen LogP contribution in [0.5, 0.6) is 0 Å². The van der Waals surface area contributed by atoms with Gasteiger partial charge in [-0.1, -0.05) is 0 Å². The molecule has 2 unspecified atom stereocenters. The maximum absolute atomic E-state index is 11.8. The van der Waals surface area contributed by atoms with Crippen LogP contribution in [0.4, 0.5) is 0 Å². The Bertz CT molecular complexity index is 380. The fourth-order valence-electron chi connectivity index (χ4n) is 2.09. The Morgan fingerprint density at radius 2 is 2.47 bits per heavy atom. The summed E-state index contributed by atoms with van der Waals surface area (Å²) in [5.74, 6) is 0.461. The van der Waals surface area contributed by atoms with E-state index in [1.54, 1.807) is 17.1 Å². The molecule has 0 radical (unpaired) electrons. The second kappa shape index (κ2) is 5.31. The van der Waals surface area contributed by atoms with Crippen LogP contribution in [-0.2, 0) is 7.05 Å². The van der Waals surface area contributed by atoms with E-state index < -0.39 is 0 Å². The average Bonchev–Trinajstić information content (AvgIpc) is 2.75. The lowest BCUT2D eigenvalue weighted by atomic mass is 9.95. The molecular formula is C12H20N4O. The van der Waals surface area contributed by atoms with Gasteiger partial charge < -0.3 is 15.2 Å². The van der Waals surface area contributed by atoms with Crippen LogP contribution in [0.1, 0.15) is 30.3 Å². The number of aryl methyl sites for hydroxylation is 1. The molecule has 0 spiro atoms. The topological polar surface area (TPSA) is 59.0 Å². The molecule has 17 heavy (non-hydrogen) atoms. The Morgan fingerprint density at radius 1 is 1.65 bits per heavy atom. The van der Waals surface area contributed by atoms with E-state index in [1.165, 1.54) is 12.8 Å². The molecule has 2 rings (SSSR count). The summed E-state index contributed by atoms with van der Waals surface area (Å²) in [6.07, 6.45) is 5.73. The minimum Gasteiger partial charge on any atom is -0.350 e. The third-order valence-corrected chi connectivity index (χ3v) is 3.25. The van der Waals surface area contributed by atoms with Crippen LogP contribution in [0.2, 0.25) is 0 Å². The molecule has 0 aliphatic carbocycles. The molecule has 1 amide bonds. The number of carbonyl (C=O) groups is 1. The minimum atomic E-state index is -0.0794. The number of amides is 1. The molecule has 2 N–H and O–H groups in total. The van der Waals surface area contributed by atoms with Gasteiger partial charge in [0.05, 0.1) is 6.33 Å². The fraction of sp³-hybridized carbons (Fsp3) is 0.667. The lowest BCUT2D eigenvalue weighted by Crippen LogP contribution is -2.42. The van der Waals surface area contributed by atoms with E-state index in [2.05, 4.69) is 22.5 Å². The van der Waals surface area contributed by atoms with Crippen LogP contribution in [0.3, 0.4) is 0 Å². The molecular weight excluding hydrogens is 216 g/mol. The van der Waals surface area contributed by atoms with Crippen molar-refractivity contribution in [1.29, 1.82) is 0 Å². The van der Waals surface area contributed by atoms with Crippen molar-refractivity contribution in [3.05, 3.63) is 18.2 Å². The number of nitrogens with zero attached hydrogens (tertiary/aromatic N) is 2. The lowest BCUT2D eigenvalue weighted by molar-refractivity contribution is 0.0939. The molecule has 1 aromatic heterocycles. The van der Waals surface area contributed by atoms with Gasteiger partial charge in [0, 0.05) is 25.8 Å². The van der Waals surface area contributed by atoms with E-state index in [0.29, 0.717) is 17.7 Å². The van der Waals surface area contributed by atoms with E-state index in [4.69, 9.17) is 0 Å². The van der Waals surface area contributed by atoms with Crippen molar-refractivity contribution in [3.8, 4) is 0 Å². The van der Waals surface area contributed by atoms with Gasteiger partial charge in [0.25, 0.3) is 5.91 Å². The first kappa shape index (κ1) is 12.1. The van der Waals surface area contributed by atoms with Gasteiger partial charge in [0.15, 0.2) is 0 Å². The summed E-state index contributed by atoms with van der Waals surface area (Å²) >= 11 is 0. The van der Waals surface area contributed by atoms with Gasteiger partial charge in [0.1, 0.15) is 5.69 Å². The minimum absolute atomic E-state index is 0.0794. The first-order valence-corrected chi connectivity index (χ1v) is 6.14. The Morgan fingerprint density at radius 3 is 3.06 bits per heavy atom. The van der Waals surface area contributed by atoms with Crippen molar-refractivity contribution >= 4 is 5.91 Å². The number of imidazole rings is 1. The molecule has 5 heteroatoms. The predicted molar refractivity (Wildman–Crippen MR) is 65.7 cm³/mol. The van der Waals surface area contributed by atoms with Crippen molar-refractivity contribution in [2.24, 2.45) is 13.0 Å². The Hall–Kier alpha value is -1.36. The zero-order valence-corrected chi connectivity index (χ0v) is 10.4. The fourth-order valence-corrected chi connectivity index (χ4v) is 2.09. The molecule has 2 heterocycles. The zero-order chi connectivity index (χ0) is 12.3. The highest BCUT2D eigenvalue weighted by Crippen LogP contribution is 2.13. The summed E-state index contributed by atoms with van der Waals surface area (Å²) < 4.78 is 1.78. The monoisotopic (exact) mass is 236 g/mol. The van der Waals surface area contributed by atoms with Crippen LogP contribution >= 0.6 is 0 Å². The molecule has 2 atom stereocenters. The lowest BCUT2D eigenvalue weighted by Gasteiger charge is -2.27. The third-order valence-electron chi connectivity index (χ3n) is 3.25. The molecule has 0 aromatic carbocycles. The van der Waals surface area contributed by atoms with Crippen LogP contribution in [0.15, 0.2) is 12.5 Å². The maximum Gasteiger partial charge on any atom is 0.271 e. The van der Waals surface area contributed by atoms with Crippen molar-refractivity contribution in [1.82, 2.24) is 20.2 Å². The van der Waals surface area contributed by atoms with Gasteiger partial charge in [-0.05, 0) is 32.2 Å². The second-order valence-electron chi connectivity index (χ2n) is 4.89. The van der Waals surface area contributed by atoms with Crippen LogP contribution in [-0.4, -0.2) is 34.6 Å². The summed E-state index contributed by atoms with van der Waals surface area (Å²) in [6, 6.07) is 0.609. The second-order valence-corrected chi connectivity index (χ2v) is 4.89. The normalized spacial score (nSPS) is 24.6. The maximum atomic E-state index is 11.8. The SMILES string of the molecule is CC1CCC(CNC(=O)c2cn(C)cn2)CN1. The highest BCUT2D eigenvalue weighted by molar-refractivity contribution is 5.91. The smallest absolute Gasteiger partial charge is 0.271 e. The number of rotatable bonds is 3. The van der Waals surface area contributed by atoms with Crippen LogP contribution in [0, 0.1) is 5.92 Å². The van der Waals surface area contributed by atoms with Crippen molar-refractivity contribution in [2.75, 3.05) is 13.1 Å². The third kappa shape index (κ3) is 3.30. The summed E-state index contributed by atoms with van der Waals surface area (Å²) in [6.45, 7) is 3.92. The highest BCUT2D eigenvalue weighted by Gasteiger charge is 2.18. The molecule has 1 saturated heterocycles. The molecule has 5 nitrogen and oxygen atoms in total. The van der Waals surface area contributed by atoms with E-state index >= 15 is 0 Å². The average molecular weight is 236 g/mol.